The molecule has 0 bridgehead atoms. The summed E-state index contributed by atoms with van der Waals surface area (Å²) in [6.07, 6.45) is -4.74. The molecule has 0 fully saturated rings. The van der Waals surface area contributed by atoms with Crippen molar-refractivity contribution in [2.45, 2.75) is 39.0 Å². The number of pyridine rings is 1. The van der Waals surface area contributed by atoms with Gasteiger partial charge in [-0.05, 0) is 52.4 Å². The van der Waals surface area contributed by atoms with Gasteiger partial charge in [0.25, 0.3) is 11.8 Å². The Labute approximate surface area is 243 Å². The molecular weight excluding hydrogens is 567 g/mol. The number of thiophene rings is 1. The van der Waals surface area contributed by atoms with Crippen molar-refractivity contribution in [3.05, 3.63) is 100 Å². The number of nitrogens with zero attached hydrogens (tertiary/aromatic N) is 1. The monoisotopic (exact) mass is 593 g/mol. The molecule has 0 unspecified atom stereocenters. The SMILES string of the molecule is CC(C)(C)c1ccc(OCc2ccc(C(=O)Nc3c(C(N)=O)sc4nc(C(F)(F)F)cc(-c5ccccc5)c34)o2)cc1. The van der Waals surface area contributed by atoms with E-state index in [1.807, 2.05) is 24.3 Å². The average molecular weight is 594 g/mol. The number of benzene rings is 2. The molecule has 0 aliphatic carbocycles. The number of nitrogens with one attached hydrogen (secondary N) is 1. The van der Waals surface area contributed by atoms with Crippen molar-refractivity contribution in [1.29, 1.82) is 0 Å². The van der Waals surface area contributed by atoms with Crippen LogP contribution >= 0.6 is 11.3 Å². The number of fused-ring (bicyclic) bond motifs is 1. The summed E-state index contributed by atoms with van der Waals surface area (Å²) in [6.45, 7) is 6.39. The predicted octanol–water partition coefficient (Wildman–Crippen LogP) is 7.80. The van der Waals surface area contributed by atoms with Crippen LogP contribution in [0.1, 0.15) is 58.0 Å². The fourth-order valence-corrected chi connectivity index (χ4v) is 5.35. The normalized spacial score (nSPS) is 12.0. The molecule has 3 N–H and O–H groups in total. The van der Waals surface area contributed by atoms with E-state index < -0.39 is 23.7 Å². The lowest BCUT2D eigenvalue weighted by Gasteiger charge is -2.19. The third-order valence-corrected chi connectivity index (χ3v) is 7.58. The minimum Gasteiger partial charge on any atom is -0.486 e. The number of carbonyl (C=O) groups is 2. The third-order valence-electron chi connectivity index (χ3n) is 6.49. The molecular formula is C31H26F3N3O4S. The Hall–Kier alpha value is -4.64. The van der Waals surface area contributed by atoms with Crippen LogP contribution in [0.2, 0.25) is 0 Å². The first-order valence-corrected chi connectivity index (χ1v) is 13.7. The van der Waals surface area contributed by atoms with Gasteiger partial charge >= 0.3 is 6.18 Å². The number of nitrogens with two attached hydrogens (primary N) is 1. The van der Waals surface area contributed by atoms with Gasteiger partial charge in [-0.15, -0.1) is 11.3 Å². The van der Waals surface area contributed by atoms with Gasteiger partial charge < -0.3 is 20.2 Å². The first kappa shape index (κ1) is 28.9. The van der Waals surface area contributed by atoms with Crippen molar-refractivity contribution in [3.8, 4) is 16.9 Å². The molecule has 2 amide bonds. The first-order chi connectivity index (χ1) is 19.8. The fraction of sp³-hybridized carbons (Fsp3) is 0.194. The second-order valence-electron chi connectivity index (χ2n) is 10.6. The number of amides is 2. The van der Waals surface area contributed by atoms with Gasteiger partial charge in [0.2, 0.25) is 0 Å². The Kier molecular flexibility index (Phi) is 7.55. The van der Waals surface area contributed by atoms with E-state index in [0.29, 0.717) is 28.4 Å². The molecule has 0 aliphatic heterocycles. The van der Waals surface area contributed by atoms with Crippen LogP contribution < -0.4 is 15.8 Å². The highest BCUT2D eigenvalue weighted by atomic mass is 32.1. The summed E-state index contributed by atoms with van der Waals surface area (Å²) in [6, 6.07) is 19.9. The Morgan fingerprint density at radius 1 is 1.00 bits per heavy atom. The first-order valence-electron chi connectivity index (χ1n) is 12.8. The van der Waals surface area contributed by atoms with Gasteiger partial charge in [0.15, 0.2) is 5.76 Å². The fourth-order valence-electron chi connectivity index (χ4n) is 4.34. The number of anilines is 1. The van der Waals surface area contributed by atoms with Crippen molar-refractivity contribution in [1.82, 2.24) is 4.98 Å². The summed E-state index contributed by atoms with van der Waals surface area (Å²) < 4.78 is 52.6. The number of primary amides is 1. The molecule has 0 aliphatic rings. The summed E-state index contributed by atoms with van der Waals surface area (Å²) in [5, 5.41) is 2.78. The van der Waals surface area contributed by atoms with Gasteiger partial charge in [-0.2, -0.15) is 13.2 Å². The average Bonchev–Trinajstić information content (AvgIpc) is 3.56. The standard InChI is InChI=1S/C31H26F3N3O4S/c1-30(2,3)18-9-11-19(12-10-18)40-16-20-13-14-22(41-20)28(39)37-25-24-21(17-7-5-4-6-8-17)15-23(31(32,33)34)36-29(24)42-26(25)27(35)38/h4-15H,16H2,1-3H3,(H2,35,38)(H,37,39). The number of halogens is 3. The highest BCUT2D eigenvalue weighted by molar-refractivity contribution is 7.21. The zero-order valence-electron chi connectivity index (χ0n) is 22.8. The van der Waals surface area contributed by atoms with E-state index in [1.165, 1.54) is 6.07 Å². The molecule has 11 heteroatoms. The minimum absolute atomic E-state index is 0.00248. The highest BCUT2D eigenvalue weighted by Crippen LogP contribution is 2.43. The van der Waals surface area contributed by atoms with Crippen LogP contribution in [0.4, 0.5) is 18.9 Å². The van der Waals surface area contributed by atoms with E-state index in [9.17, 15) is 22.8 Å². The van der Waals surface area contributed by atoms with Crippen molar-refractivity contribution in [2.24, 2.45) is 5.73 Å². The van der Waals surface area contributed by atoms with Gasteiger partial charge in [0, 0.05) is 5.39 Å². The summed E-state index contributed by atoms with van der Waals surface area (Å²) in [5.74, 6) is -0.747. The van der Waals surface area contributed by atoms with Gasteiger partial charge in [-0.1, -0.05) is 63.2 Å². The smallest absolute Gasteiger partial charge is 0.433 e. The molecule has 216 valence electrons. The maximum absolute atomic E-state index is 13.7. The highest BCUT2D eigenvalue weighted by Gasteiger charge is 2.35. The molecule has 0 radical (unpaired) electrons. The van der Waals surface area contributed by atoms with Crippen molar-refractivity contribution < 1.29 is 31.9 Å². The minimum atomic E-state index is -4.74. The van der Waals surface area contributed by atoms with Crippen LogP contribution in [0.5, 0.6) is 5.75 Å². The molecule has 2 aromatic carbocycles. The second kappa shape index (κ2) is 11.0. The summed E-state index contributed by atoms with van der Waals surface area (Å²) in [4.78, 5) is 29.1. The maximum Gasteiger partial charge on any atom is 0.433 e. The lowest BCUT2D eigenvalue weighted by atomic mass is 9.87. The summed E-state index contributed by atoms with van der Waals surface area (Å²) in [7, 11) is 0. The van der Waals surface area contributed by atoms with E-state index in [0.717, 1.165) is 11.6 Å². The Morgan fingerprint density at radius 3 is 2.31 bits per heavy atom. The van der Waals surface area contributed by atoms with E-state index in [-0.39, 0.29) is 44.1 Å². The van der Waals surface area contributed by atoms with Crippen LogP contribution in [0, 0.1) is 0 Å². The predicted molar refractivity (Wildman–Crippen MR) is 155 cm³/mol. The zero-order chi connectivity index (χ0) is 30.2. The van der Waals surface area contributed by atoms with Crippen LogP contribution in [-0.4, -0.2) is 16.8 Å². The molecule has 0 saturated heterocycles. The Balaban J connectivity index is 1.44. The Bertz CT molecular complexity index is 1770. The largest absolute Gasteiger partial charge is 0.486 e. The van der Waals surface area contributed by atoms with Crippen LogP contribution in [0.3, 0.4) is 0 Å². The molecule has 3 aromatic heterocycles. The number of aromatic nitrogens is 1. The molecule has 0 saturated carbocycles. The van der Waals surface area contributed by atoms with Gasteiger partial charge in [0.1, 0.15) is 33.5 Å². The van der Waals surface area contributed by atoms with E-state index in [4.69, 9.17) is 14.9 Å². The quantitative estimate of drug-likeness (QED) is 0.200. The summed E-state index contributed by atoms with van der Waals surface area (Å²) >= 11 is 0.671. The number of furan rings is 1. The lowest BCUT2D eigenvalue weighted by molar-refractivity contribution is -0.140. The molecule has 0 spiro atoms. The number of ether oxygens (including phenoxy) is 1. The van der Waals surface area contributed by atoms with Crippen LogP contribution in [0.15, 0.2) is 77.2 Å². The molecule has 5 rings (SSSR count). The van der Waals surface area contributed by atoms with Crippen molar-refractivity contribution >= 4 is 39.1 Å². The second-order valence-corrected chi connectivity index (χ2v) is 11.6. The third kappa shape index (κ3) is 6.01. The number of rotatable bonds is 7. The summed E-state index contributed by atoms with van der Waals surface area (Å²) in [5.41, 5.74) is 6.13. The van der Waals surface area contributed by atoms with Crippen molar-refractivity contribution in [3.63, 3.8) is 0 Å². The number of hydrogen-bond donors (Lipinski definition) is 2. The number of alkyl halides is 3. The molecule has 7 nitrogen and oxygen atoms in total. The van der Waals surface area contributed by atoms with Gasteiger partial charge in [-0.25, -0.2) is 4.98 Å². The number of hydrogen-bond acceptors (Lipinski definition) is 6. The van der Waals surface area contributed by atoms with E-state index in [2.05, 4.69) is 31.1 Å². The number of carbonyl (C=O) groups excluding carboxylic acids is 2. The lowest BCUT2D eigenvalue weighted by Crippen LogP contribution is -2.16. The molecule has 0 atom stereocenters. The zero-order valence-corrected chi connectivity index (χ0v) is 23.7. The van der Waals surface area contributed by atoms with E-state index >= 15 is 0 Å². The van der Waals surface area contributed by atoms with Gasteiger partial charge in [0.05, 0.1) is 5.69 Å². The van der Waals surface area contributed by atoms with Crippen LogP contribution in [0.25, 0.3) is 21.3 Å². The Morgan fingerprint density at radius 2 is 1.69 bits per heavy atom. The molecule has 3 heterocycles. The van der Waals surface area contributed by atoms with Crippen molar-refractivity contribution in [2.75, 3.05) is 5.32 Å². The van der Waals surface area contributed by atoms with Crippen LogP contribution in [-0.2, 0) is 18.2 Å². The molecule has 5 aromatic rings. The van der Waals surface area contributed by atoms with Gasteiger partial charge in [-0.3, -0.25) is 9.59 Å². The maximum atomic E-state index is 13.7. The topological polar surface area (TPSA) is 107 Å². The van der Waals surface area contributed by atoms with E-state index in [1.54, 1.807) is 36.4 Å². The molecule has 42 heavy (non-hydrogen) atoms.